The van der Waals surface area contributed by atoms with Gasteiger partial charge in [-0.05, 0) is 69.0 Å². The lowest BCUT2D eigenvalue weighted by Gasteiger charge is -2.34. The van der Waals surface area contributed by atoms with Crippen LogP contribution in [0.1, 0.15) is 50.3 Å². The molecule has 9 heteroatoms. The minimum atomic E-state index is -4.15. The molecule has 0 heterocycles. The number of nitrogens with zero attached hydrogens (tertiary/aromatic N) is 2. The molecule has 2 amide bonds. The molecule has 3 rings (SSSR count). The van der Waals surface area contributed by atoms with Crippen LogP contribution in [-0.2, 0) is 26.2 Å². The van der Waals surface area contributed by atoms with E-state index in [1.165, 1.54) is 17.0 Å². The average Bonchev–Trinajstić information content (AvgIpc) is 2.93. The topological polar surface area (TPSA) is 86.8 Å². The molecule has 0 aromatic heterocycles. The molecule has 7 nitrogen and oxygen atoms in total. The quantitative estimate of drug-likeness (QED) is 0.289. The standard InChI is InChI=1S/C31H38ClN3O4S/c1-6-23(4)33-31(37)28(7-2)34(20-25-14-11-13-22(3)19-25)30(36)21-35(29-18-12-17-27(32)24(29)5)40(38,39)26-15-9-8-10-16-26/h8-19,23,28H,6-7,20-21H2,1-5H3,(H,33,37)/t23-,28+/m1/s1. The van der Waals surface area contributed by atoms with E-state index in [1.807, 2.05) is 52.0 Å². The Hall–Kier alpha value is -3.36. The van der Waals surface area contributed by atoms with Crippen LogP contribution < -0.4 is 9.62 Å². The van der Waals surface area contributed by atoms with Gasteiger partial charge in [-0.25, -0.2) is 8.42 Å². The summed E-state index contributed by atoms with van der Waals surface area (Å²) in [6.07, 6.45) is 1.10. The van der Waals surface area contributed by atoms with Crippen molar-refractivity contribution in [3.8, 4) is 0 Å². The molecule has 0 unspecified atom stereocenters. The second kappa shape index (κ2) is 13.8. The smallest absolute Gasteiger partial charge is 0.264 e. The molecule has 0 saturated carbocycles. The van der Waals surface area contributed by atoms with Crippen LogP contribution in [0.5, 0.6) is 0 Å². The Kier molecular flexibility index (Phi) is 10.8. The second-order valence-electron chi connectivity index (χ2n) is 9.96. The van der Waals surface area contributed by atoms with Crippen LogP contribution in [-0.4, -0.2) is 43.8 Å². The lowest BCUT2D eigenvalue weighted by atomic mass is 10.1. The van der Waals surface area contributed by atoms with Gasteiger partial charge in [-0.1, -0.05) is 79.5 Å². The molecule has 0 fully saturated rings. The summed E-state index contributed by atoms with van der Waals surface area (Å²) in [5.41, 5.74) is 2.70. The number of sulfonamides is 1. The maximum Gasteiger partial charge on any atom is 0.264 e. The Morgan fingerprint density at radius 2 is 1.60 bits per heavy atom. The van der Waals surface area contributed by atoms with Crippen molar-refractivity contribution in [1.82, 2.24) is 10.2 Å². The van der Waals surface area contributed by atoms with Crippen molar-refractivity contribution < 1.29 is 18.0 Å². The molecule has 3 aromatic rings. The van der Waals surface area contributed by atoms with Gasteiger partial charge in [0, 0.05) is 17.6 Å². The summed E-state index contributed by atoms with van der Waals surface area (Å²) in [6.45, 7) is 9.05. The largest absolute Gasteiger partial charge is 0.352 e. The van der Waals surface area contributed by atoms with Crippen molar-refractivity contribution in [3.63, 3.8) is 0 Å². The third-order valence-corrected chi connectivity index (χ3v) is 9.12. The third-order valence-electron chi connectivity index (χ3n) is 6.94. The minimum Gasteiger partial charge on any atom is -0.352 e. The number of amides is 2. The number of anilines is 1. The number of benzene rings is 3. The number of hydrogen-bond donors (Lipinski definition) is 1. The zero-order valence-electron chi connectivity index (χ0n) is 23.7. The summed E-state index contributed by atoms with van der Waals surface area (Å²) in [5.74, 6) is -0.763. The predicted octanol–water partition coefficient (Wildman–Crippen LogP) is 5.87. The highest BCUT2D eigenvalue weighted by Gasteiger charge is 2.34. The number of rotatable bonds is 12. The molecule has 0 saturated heterocycles. The SMILES string of the molecule is CC[C@@H](C)NC(=O)[C@H](CC)N(Cc1cccc(C)c1)C(=O)CN(c1cccc(Cl)c1C)S(=O)(=O)c1ccccc1. The zero-order chi connectivity index (χ0) is 29.4. The summed E-state index contributed by atoms with van der Waals surface area (Å²) in [7, 11) is -4.15. The molecule has 40 heavy (non-hydrogen) atoms. The molecule has 0 spiro atoms. The Bertz CT molecular complexity index is 1430. The lowest BCUT2D eigenvalue weighted by Crippen LogP contribution is -2.53. The molecule has 1 N–H and O–H groups in total. The van der Waals surface area contributed by atoms with Crippen LogP contribution in [0.25, 0.3) is 0 Å². The van der Waals surface area contributed by atoms with Crippen LogP contribution in [0.3, 0.4) is 0 Å². The first-order valence-electron chi connectivity index (χ1n) is 13.5. The van der Waals surface area contributed by atoms with Crippen molar-refractivity contribution in [2.45, 2.75) is 71.0 Å². The number of hydrogen-bond acceptors (Lipinski definition) is 4. The van der Waals surface area contributed by atoms with Crippen LogP contribution in [0.4, 0.5) is 5.69 Å². The fraction of sp³-hybridized carbons (Fsp3) is 0.355. The predicted molar refractivity (Wildman–Crippen MR) is 161 cm³/mol. The number of halogens is 1. The zero-order valence-corrected chi connectivity index (χ0v) is 25.3. The third kappa shape index (κ3) is 7.43. The summed E-state index contributed by atoms with van der Waals surface area (Å²) in [5, 5.41) is 3.37. The Labute approximate surface area is 243 Å². The highest BCUT2D eigenvalue weighted by atomic mass is 35.5. The molecule has 0 radical (unpaired) electrons. The number of carbonyl (C=O) groups is 2. The molecule has 0 aliphatic heterocycles. The van der Waals surface area contributed by atoms with E-state index >= 15 is 0 Å². The summed E-state index contributed by atoms with van der Waals surface area (Å²) >= 11 is 6.38. The van der Waals surface area contributed by atoms with E-state index in [0.717, 1.165) is 21.9 Å². The Morgan fingerprint density at radius 1 is 0.925 bits per heavy atom. The van der Waals surface area contributed by atoms with Crippen molar-refractivity contribution in [2.24, 2.45) is 0 Å². The maximum absolute atomic E-state index is 14.2. The van der Waals surface area contributed by atoms with Gasteiger partial charge in [0.25, 0.3) is 10.0 Å². The van der Waals surface area contributed by atoms with E-state index in [1.54, 1.807) is 43.3 Å². The van der Waals surface area contributed by atoms with E-state index < -0.39 is 28.5 Å². The molecule has 2 atom stereocenters. The molecule has 0 aliphatic rings. The van der Waals surface area contributed by atoms with Gasteiger partial charge in [-0.2, -0.15) is 0 Å². The summed E-state index contributed by atoms with van der Waals surface area (Å²) < 4.78 is 29.0. The minimum absolute atomic E-state index is 0.0500. The molecule has 214 valence electrons. The highest BCUT2D eigenvalue weighted by Crippen LogP contribution is 2.31. The van der Waals surface area contributed by atoms with E-state index in [4.69, 9.17) is 11.6 Å². The summed E-state index contributed by atoms with van der Waals surface area (Å²) in [6, 6.07) is 19.8. The average molecular weight is 584 g/mol. The molecule has 0 aliphatic carbocycles. The first-order valence-corrected chi connectivity index (χ1v) is 15.3. The van der Waals surface area contributed by atoms with Crippen molar-refractivity contribution >= 4 is 39.1 Å². The number of aryl methyl sites for hydroxylation is 1. The van der Waals surface area contributed by atoms with Gasteiger partial charge in [0.05, 0.1) is 10.6 Å². The van der Waals surface area contributed by atoms with Gasteiger partial charge in [-0.15, -0.1) is 0 Å². The normalized spacial score (nSPS) is 12.8. The van der Waals surface area contributed by atoms with Crippen molar-refractivity contribution in [2.75, 3.05) is 10.8 Å². The molecular formula is C31H38ClN3O4S. The lowest BCUT2D eigenvalue weighted by molar-refractivity contribution is -0.140. The highest BCUT2D eigenvalue weighted by molar-refractivity contribution is 7.92. The van der Waals surface area contributed by atoms with Crippen LogP contribution in [0, 0.1) is 13.8 Å². The monoisotopic (exact) mass is 583 g/mol. The molecule has 0 bridgehead atoms. The second-order valence-corrected chi connectivity index (χ2v) is 12.2. The van der Waals surface area contributed by atoms with E-state index in [2.05, 4.69) is 5.32 Å². The Balaban J connectivity index is 2.09. The van der Waals surface area contributed by atoms with Gasteiger partial charge in [-0.3, -0.25) is 13.9 Å². The molecular weight excluding hydrogens is 546 g/mol. The maximum atomic E-state index is 14.2. The van der Waals surface area contributed by atoms with Gasteiger partial charge in [0.2, 0.25) is 11.8 Å². The first-order chi connectivity index (χ1) is 19.0. The van der Waals surface area contributed by atoms with Gasteiger partial charge in [0.15, 0.2) is 0 Å². The number of carbonyl (C=O) groups excluding carboxylic acids is 2. The summed E-state index contributed by atoms with van der Waals surface area (Å²) in [4.78, 5) is 29.1. The van der Waals surface area contributed by atoms with Crippen molar-refractivity contribution in [3.05, 3.63) is 94.5 Å². The fourth-order valence-corrected chi connectivity index (χ4v) is 6.13. The van der Waals surface area contributed by atoms with Crippen LogP contribution in [0.2, 0.25) is 5.02 Å². The molecule has 3 aromatic carbocycles. The van der Waals surface area contributed by atoms with Crippen molar-refractivity contribution in [1.29, 1.82) is 0 Å². The number of nitrogens with one attached hydrogen (secondary N) is 1. The fourth-order valence-electron chi connectivity index (χ4n) is 4.47. The van der Waals surface area contributed by atoms with Crippen LogP contribution >= 0.6 is 11.6 Å². The van der Waals surface area contributed by atoms with Crippen LogP contribution in [0.15, 0.2) is 77.7 Å². The Morgan fingerprint density at radius 3 is 2.23 bits per heavy atom. The van der Waals surface area contributed by atoms with E-state index in [0.29, 0.717) is 22.7 Å². The van der Waals surface area contributed by atoms with Gasteiger partial charge in [0.1, 0.15) is 12.6 Å². The van der Waals surface area contributed by atoms with Gasteiger partial charge < -0.3 is 10.2 Å². The van der Waals surface area contributed by atoms with Gasteiger partial charge >= 0.3 is 0 Å². The van der Waals surface area contributed by atoms with E-state index in [9.17, 15) is 18.0 Å². The first kappa shape index (κ1) is 31.2. The van der Waals surface area contributed by atoms with E-state index in [-0.39, 0.29) is 23.4 Å².